The van der Waals surface area contributed by atoms with Gasteiger partial charge in [0.15, 0.2) is 6.61 Å². The first kappa shape index (κ1) is 24.4. The Hall–Kier alpha value is -1.72. The van der Waals surface area contributed by atoms with Crippen LogP contribution in [0.5, 0.6) is 5.19 Å². The highest BCUT2D eigenvalue weighted by molar-refractivity contribution is 7.13. The van der Waals surface area contributed by atoms with E-state index >= 15 is 0 Å². The number of alkyl halides is 2. The summed E-state index contributed by atoms with van der Waals surface area (Å²) >= 11 is 2.69. The van der Waals surface area contributed by atoms with Crippen molar-refractivity contribution >= 4 is 28.8 Å². The molecule has 0 saturated heterocycles. The van der Waals surface area contributed by atoms with E-state index in [9.17, 15) is 13.6 Å². The van der Waals surface area contributed by atoms with Crippen molar-refractivity contribution in [2.45, 2.75) is 77.3 Å². The fourth-order valence-corrected chi connectivity index (χ4v) is 6.01. The van der Waals surface area contributed by atoms with E-state index < -0.39 is 12.5 Å². The third-order valence-corrected chi connectivity index (χ3v) is 8.05. The summed E-state index contributed by atoms with van der Waals surface area (Å²) in [5.74, 6) is -1.42. The van der Waals surface area contributed by atoms with Gasteiger partial charge in [-0.05, 0) is 69.4 Å². The van der Waals surface area contributed by atoms with Gasteiger partial charge in [0.1, 0.15) is 10.8 Å². The smallest absolute Gasteiger partial charge is 0.278 e. The number of rotatable bonds is 9. The Bertz CT molecular complexity index is 938. The number of carbonyl (C=O) groups excluding carboxylic acids is 1. The van der Waals surface area contributed by atoms with Crippen LogP contribution < -0.4 is 10.1 Å². The number of thiazole rings is 1. The Morgan fingerprint density at radius 3 is 2.76 bits per heavy atom. The molecule has 1 aliphatic carbocycles. The molecule has 1 amide bonds. The van der Waals surface area contributed by atoms with E-state index in [1.165, 1.54) is 22.9 Å². The summed E-state index contributed by atoms with van der Waals surface area (Å²) in [6, 6.07) is 0.254. The summed E-state index contributed by atoms with van der Waals surface area (Å²) < 4.78 is 35.4. The van der Waals surface area contributed by atoms with E-state index in [4.69, 9.17) is 4.74 Å². The normalized spacial score (nSPS) is 21.6. The summed E-state index contributed by atoms with van der Waals surface area (Å²) in [4.78, 5) is 24.5. The molecule has 3 heterocycles. The number of amides is 1. The van der Waals surface area contributed by atoms with Gasteiger partial charge in [-0.15, -0.1) is 0 Å². The van der Waals surface area contributed by atoms with Gasteiger partial charge in [0.05, 0.1) is 12.1 Å². The van der Waals surface area contributed by atoms with E-state index in [2.05, 4.69) is 24.6 Å². The van der Waals surface area contributed by atoms with Crippen molar-refractivity contribution in [2.24, 2.45) is 5.92 Å². The highest BCUT2D eigenvalue weighted by Gasteiger charge is 2.27. The molecule has 2 aromatic rings. The van der Waals surface area contributed by atoms with Gasteiger partial charge >= 0.3 is 0 Å². The molecule has 0 unspecified atom stereocenters. The second-order valence-electron chi connectivity index (χ2n) is 9.22. The number of aromatic nitrogens is 3. The van der Waals surface area contributed by atoms with Crippen LogP contribution in [0.3, 0.4) is 0 Å². The third-order valence-electron chi connectivity index (χ3n) is 6.18. The molecule has 182 valence electrons. The Balaban J connectivity index is 1.15. The van der Waals surface area contributed by atoms with Crippen molar-refractivity contribution < 1.29 is 18.3 Å². The predicted molar refractivity (Wildman–Crippen MR) is 124 cm³/mol. The van der Waals surface area contributed by atoms with Crippen LogP contribution in [0, 0.1) is 12.8 Å². The number of halogens is 2. The van der Waals surface area contributed by atoms with Crippen LogP contribution >= 0.6 is 22.9 Å². The minimum atomic E-state index is -2.85. The van der Waals surface area contributed by atoms with Gasteiger partial charge in [-0.25, -0.2) is 18.7 Å². The SMILES string of the molecule is Cc1nsc(CC(=O)NC2CCC(CCN3CCc4sc(OCC(C)(F)F)nc4C3)CC2)n1. The lowest BCUT2D eigenvalue weighted by Crippen LogP contribution is -2.39. The van der Waals surface area contributed by atoms with E-state index in [-0.39, 0.29) is 11.9 Å². The summed E-state index contributed by atoms with van der Waals surface area (Å²) in [5, 5.41) is 4.28. The number of nitrogens with one attached hydrogen (secondary N) is 1. The van der Waals surface area contributed by atoms with Crippen LogP contribution in [0.2, 0.25) is 0 Å². The Morgan fingerprint density at radius 1 is 1.27 bits per heavy atom. The molecule has 7 nitrogen and oxygen atoms in total. The number of nitrogens with zero attached hydrogens (tertiary/aromatic N) is 4. The summed E-state index contributed by atoms with van der Waals surface area (Å²) in [6.07, 6.45) is 6.63. The minimum Gasteiger partial charge on any atom is -0.464 e. The van der Waals surface area contributed by atoms with E-state index in [1.54, 1.807) is 0 Å². The number of ether oxygens (including phenoxy) is 1. The molecule has 1 saturated carbocycles. The maximum Gasteiger partial charge on any atom is 0.278 e. The Morgan fingerprint density at radius 2 is 2.06 bits per heavy atom. The van der Waals surface area contributed by atoms with Crippen LogP contribution in [0.1, 0.15) is 60.4 Å². The predicted octanol–water partition coefficient (Wildman–Crippen LogP) is 4.00. The number of hydrogen-bond acceptors (Lipinski definition) is 8. The van der Waals surface area contributed by atoms with Crippen molar-refractivity contribution in [1.82, 2.24) is 24.6 Å². The number of hydrogen-bond donors (Lipinski definition) is 1. The van der Waals surface area contributed by atoms with Gasteiger partial charge in [-0.1, -0.05) is 11.3 Å². The first-order valence-electron chi connectivity index (χ1n) is 11.5. The molecular weight excluding hydrogens is 468 g/mol. The van der Waals surface area contributed by atoms with Crippen molar-refractivity contribution in [2.75, 3.05) is 19.7 Å². The maximum absolute atomic E-state index is 13.0. The zero-order valence-electron chi connectivity index (χ0n) is 19.1. The second kappa shape index (κ2) is 10.7. The van der Waals surface area contributed by atoms with Gasteiger partial charge in [0.25, 0.3) is 11.1 Å². The van der Waals surface area contributed by atoms with E-state index in [0.717, 1.165) is 86.5 Å². The minimum absolute atomic E-state index is 0.0352. The Kier molecular flexibility index (Phi) is 7.91. The molecule has 0 aromatic carbocycles. The van der Waals surface area contributed by atoms with Crippen LogP contribution in [-0.2, 0) is 24.2 Å². The molecule has 2 aliphatic rings. The molecule has 11 heteroatoms. The molecule has 2 aromatic heterocycles. The quantitative estimate of drug-likeness (QED) is 0.562. The van der Waals surface area contributed by atoms with Crippen LogP contribution in [-0.4, -0.2) is 56.8 Å². The monoisotopic (exact) mass is 499 g/mol. The molecule has 33 heavy (non-hydrogen) atoms. The lowest BCUT2D eigenvalue weighted by molar-refractivity contribution is -0.121. The van der Waals surface area contributed by atoms with Crippen molar-refractivity contribution in [3.63, 3.8) is 0 Å². The molecule has 0 bridgehead atoms. The lowest BCUT2D eigenvalue weighted by Gasteiger charge is -2.31. The summed E-state index contributed by atoms with van der Waals surface area (Å²) in [7, 11) is 0. The number of aryl methyl sites for hydroxylation is 1. The average Bonchev–Trinajstić information content (AvgIpc) is 3.36. The topological polar surface area (TPSA) is 80.2 Å². The molecular formula is C22H31F2N5O2S2. The molecule has 0 atom stereocenters. The van der Waals surface area contributed by atoms with Crippen molar-refractivity contribution in [1.29, 1.82) is 0 Å². The Labute approximate surface area is 201 Å². The molecule has 0 spiro atoms. The molecule has 1 N–H and O–H groups in total. The largest absolute Gasteiger partial charge is 0.464 e. The average molecular weight is 500 g/mol. The standard InChI is InChI=1S/C22H31F2N5O2S2/c1-14-25-20(33-28-14)11-19(30)26-16-5-3-15(4-6-16)7-9-29-10-8-18-17(12-29)27-21(32-18)31-13-22(2,23)24/h15-16H,3-13H2,1-2H3,(H,26,30). The molecule has 1 aliphatic heterocycles. The fourth-order valence-electron chi connectivity index (χ4n) is 4.46. The molecule has 4 rings (SSSR count). The van der Waals surface area contributed by atoms with Crippen LogP contribution in [0.15, 0.2) is 0 Å². The van der Waals surface area contributed by atoms with E-state index in [0.29, 0.717) is 17.5 Å². The van der Waals surface area contributed by atoms with Gasteiger partial charge in [-0.2, -0.15) is 4.37 Å². The zero-order chi connectivity index (χ0) is 23.4. The summed E-state index contributed by atoms with van der Waals surface area (Å²) in [5.41, 5.74) is 0.970. The second-order valence-corrected chi connectivity index (χ2v) is 11.1. The molecule has 0 radical (unpaired) electrons. The van der Waals surface area contributed by atoms with Crippen molar-refractivity contribution in [3.8, 4) is 5.19 Å². The highest BCUT2D eigenvalue weighted by atomic mass is 32.1. The van der Waals surface area contributed by atoms with Gasteiger partial charge in [0, 0.05) is 30.9 Å². The third kappa shape index (κ3) is 7.38. The molecule has 1 fully saturated rings. The van der Waals surface area contributed by atoms with Gasteiger partial charge in [-0.3, -0.25) is 9.69 Å². The van der Waals surface area contributed by atoms with Crippen LogP contribution in [0.25, 0.3) is 0 Å². The zero-order valence-corrected chi connectivity index (χ0v) is 20.7. The van der Waals surface area contributed by atoms with Gasteiger partial charge in [0.2, 0.25) is 5.91 Å². The number of fused-ring (bicyclic) bond motifs is 1. The summed E-state index contributed by atoms with van der Waals surface area (Å²) in [6.45, 7) is 4.79. The van der Waals surface area contributed by atoms with E-state index in [1.807, 2.05) is 6.92 Å². The highest BCUT2D eigenvalue weighted by Crippen LogP contribution is 2.32. The van der Waals surface area contributed by atoms with Crippen molar-refractivity contribution in [3.05, 3.63) is 21.4 Å². The first-order chi connectivity index (χ1) is 15.7. The first-order valence-corrected chi connectivity index (χ1v) is 13.1. The number of carbonyl (C=O) groups is 1. The lowest BCUT2D eigenvalue weighted by atomic mass is 9.84. The van der Waals surface area contributed by atoms with Gasteiger partial charge < -0.3 is 10.1 Å². The maximum atomic E-state index is 13.0. The fraction of sp³-hybridized carbons (Fsp3) is 0.727. The van der Waals surface area contributed by atoms with Crippen LogP contribution in [0.4, 0.5) is 8.78 Å².